The lowest BCUT2D eigenvalue weighted by Crippen LogP contribution is -2.38. The Kier molecular flexibility index (Phi) is 8.30. The smallest absolute Gasteiger partial charge is 0.331 e. The number of epoxide rings is 1. The Morgan fingerprint density at radius 1 is 1.24 bits per heavy atom. The predicted octanol–water partition coefficient (Wildman–Crippen LogP) is 4.89. The van der Waals surface area contributed by atoms with E-state index in [-0.39, 0.29) is 23.9 Å². The molecule has 1 fully saturated rings. The molecule has 3 heterocycles. The van der Waals surface area contributed by atoms with Crippen molar-refractivity contribution in [3.63, 3.8) is 0 Å². The van der Waals surface area contributed by atoms with Gasteiger partial charge in [-0.25, -0.2) is 9.78 Å². The molecule has 1 N–H and O–H groups in total. The number of aromatic nitrogens is 1. The highest BCUT2D eigenvalue weighted by Gasteiger charge is 2.41. The molecule has 0 radical (unpaired) electrons. The lowest BCUT2D eigenvalue weighted by molar-refractivity contribution is -0.141. The zero-order chi connectivity index (χ0) is 24.3. The standard InChI is InChI=1S/C26H37NO5S/c1-15-8-7-9-20-22(31-20)13-21(16(2)12-19-14-33-18(4)27-19)32-23(28)10-11-26(5,6)25(30)17(3)24(15)29/h10-12,14-15,17,20-22,24,29H,7-9,13H2,1-6H3/b11-10+,16-12+/t15-,17+,20-,21-,22-,24-/m0/s1. The number of carbonyl (C=O) groups excluding carboxylic acids is 2. The third-order valence-electron chi connectivity index (χ3n) is 6.84. The van der Waals surface area contributed by atoms with Gasteiger partial charge in [0, 0.05) is 29.2 Å². The molecular weight excluding hydrogens is 438 g/mol. The Labute approximate surface area is 201 Å². The molecule has 1 aromatic heterocycles. The quantitative estimate of drug-likeness (QED) is 0.484. The normalized spacial score (nSPS) is 34.9. The summed E-state index contributed by atoms with van der Waals surface area (Å²) >= 11 is 1.58. The molecule has 2 aliphatic rings. The van der Waals surface area contributed by atoms with Crippen LogP contribution in [0.4, 0.5) is 0 Å². The van der Waals surface area contributed by atoms with Gasteiger partial charge in [-0.15, -0.1) is 11.3 Å². The molecule has 182 valence electrons. The molecule has 0 spiro atoms. The average molecular weight is 476 g/mol. The molecule has 0 saturated carbocycles. The lowest BCUT2D eigenvalue weighted by Gasteiger charge is -2.29. The highest BCUT2D eigenvalue weighted by molar-refractivity contribution is 7.09. The van der Waals surface area contributed by atoms with E-state index in [1.54, 1.807) is 38.2 Å². The van der Waals surface area contributed by atoms with Crippen LogP contribution in [-0.4, -0.2) is 46.3 Å². The maximum absolute atomic E-state index is 13.1. The van der Waals surface area contributed by atoms with E-state index in [0.717, 1.165) is 35.5 Å². The zero-order valence-corrected chi connectivity index (χ0v) is 21.4. The van der Waals surface area contributed by atoms with Gasteiger partial charge >= 0.3 is 5.97 Å². The minimum Gasteiger partial charge on any atom is -0.455 e. The highest BCUT2D eigenvalue weighted by atomic mass is 32.1. The highest BCUT2D eigenvalue weighted by Crippen LogP contribution is 2.35. The number of fused-ring (bicyclic) bond motifs is 1. The van der Waals surface area contributed by atoms with Crippen LogP contribution < -0.4 is 0 Å². The number of Topliss-reactive ketones (excluding diaryl/α,β-unsaturated/α-hetero) is 1. The first-order chi connectivity index (χ1) is 15.5. The number of hydrogen-bond acceptors (Lipinski definition) is 7. The molecule has 0 amide bonds. The summed E-state index contributed by atoms with van der Waals surface area (Å²) in [4.78, 5) is 30.3. The van der Waals surface area contributed by atoms with Crippen molar-refractivity contribution in [3.05, 3.63) is 33.8 Å². The minimum atomic E-state index is -0.889. The molecule has 0 bridgehead atoms. The van der Waals surface area contributed by atoms with E-state index in [1.165, 1.54) is 6.08 Å². The average Bonchev–Trinajstić information content (AvgIpc) is 3.37. The maximum atomic E-state index is 13.1. The van der Waals surface area contributed by atoms with Crippen LogP contribution in [0.2, 0.25) is 0 Å². The Morgan fingerprint density at radius 3 is 2.64 bits per heavy atom. The molecule has 33 heavy (non-hydrogen) atoms. The summed E-state index contributed by atoms with van der Waals surface area (Å²) in [6, 6.07) is 0. The number of carbonyl (C=O) groups is 2. The fourth-order valence-corrected chi connectivity index (χ4v) is 5.11. The van der Waals surface area contributed by atoms with E-state index < -0.39 is 29.5 Å². The van der Waals surface area contributed by atoms with Crippen molar-refractivity contribution in [2.75, 3.05) is 0 Å². The van der Waals surface area contributed by atoms with Crippen LogP contribution in [0.3, 0.4) is 0 Å². The van der Waals surface area contributed by atoms with Gasteiger partial charge in [0.25, 0.3) is 0 Å². The number of hydrogen-bond donors (Lipinski definition) is 1. The summed E-state index contributed by atoms with van der Waals surface area (Å²) in [6.45, 7) is 11.2. The summed E-state index contributed by atoms with van der Waals surface area (Å²) in [5, 5.41) is 13.7. The number of ether oxygens (including phenoxy) is 2. The van der Waals surface area contributed by atoms with Gasteiger partial charge in [0.2, 0.25) is 0 Å². The Hall–Kier alpha value is -1.83. The molecular formula is C26H37NO5S. The second-order valence-corrected chi connectivity index (χ2v) is 11.2. The van der Waals surface area contributed by atoms with Crippen molar-refractivity contribution in [2.24, 2.45) is 17.3 Å². The largest absolute Gasteiger partial charge is 0.455 e. The van der Waals surface area contributed by atoms with Crippen LogP contribution in [0.15, 0.2) is 23.1 Å². The van der Waals surface area contributed by atoms with Crippen LogP contribution in [0, 0.1) is 24.2 Å². The molecule has 0 unspecified atom stereocenters. The monoisotopic (exact) mass is 475 g/mol. The summed E-state index contributed by atoms with van der Waals surface area (Å²) in [5.74, 6) is -1.09. The van der Waals surface area contributed by atoms with Gasteiger partial charge in [-0.05, 0) is 58.1 Å². The maximum Gasteiger partial charge on any atom is 0.331 e. The number of allylic oxidation sites excluding steroid dienone is 1. The van der Waals surface area contributed by atoms with E-state index in [2.05, 4.69) is 4.98 Å². The molecule has 1 saturated heterocycles. The number of cyclic esters (lactones) is 1. The van der Waals surface area contributed by atoms with Gasteiger partial charge in [-0.3, -0.25) is 4.79 Å². The lowest BCUT2D eigenvalue weighted by atomic mass is 9.76. The van der Waals surface area contributed by atoms with Crippen LogP contribution in [0.25, 0.3) is 6.08 Å². The van der Waals surface area contributed by atoms with Gasteiger partial charge < -0.3 is 14.6 Å². The van der Waals surface area contributed by atoms with Crippen LogP contribution in [0.5, 0.6) is 0 Å². The Bertz CT molecular complexity index is 918. The van der Waals surface area contributed by atoms with Crippen LogP contribution >= 0.6 is 11.3 Å². The van der Waals surface area contributed by atoms with E-state index in [0.29, 0.717) is 6.42 Å². The topological polar surface area (TPSA) is 89.0 Å². The van der Waals surface area contributed by atoms with Crippen molar-refractivity contribution in [2.45, 2.75) is 91.6 Å². The summed E-state index contributed by atoms with van der Waals surface area (Å²) in [5.41, 5.74) is 0.882. The summed E-state index contributed by atoms with van der Waals surface area (Å²) in [6.07, 6.45) is 7.18. The first-order valence-electron chi connectivity index (χ1n) is 11.9. The van der Waals surface area contributed by atoms with Crippen LogP contribution in [-0.2, 0) is 19.1 Å². The molecule has 7 heteroatoms. The van der Waals surface area contributed by atoms with Crippen molar-refractivity contribution >= 4 is 29.2 Å². The first kappa shape index (κ1) is 25.8. The zero-order valence-electron chi connectivity index (χ0n) is 20.5. The molecule has 0 aliphatic carbocycles. The molecule has 0 aromatic carbocycles. The molecule has 1 aromatic rings. The van der Waals surface area contributed by atoms with Gasteiger partial charge in [0.15, 0.2) is 0 Å². The number of rotatable bonds is 2. The number of thiazole rings is 1. The Morgan fingerprint density at radius 2 is 1.97 bits per heavy atom. The number of aryl methyl sites for hydroxylation is 1. The van der Waals surface area contributed by atoms with Crippen LogP contribution in [0.1, 0.15) is 71.0 Å². The minimum absolute atomic E-state index is 0.0123. The molecule has 2 aliphatic heterocycles. The van der Waals surface area contributed by atoms with E-state index >= 15 is 0 Å². The van der Waals surface area contributed by atoms with Gasteiger partial charge in [0.05, 0.1) is 29.0 Å². The number of ketones is 1. The Balaban J connectivity index is 1.82. The molecule has 6 atom stereocenters. The van der Waals surface area contributed by atoms with Crippen molar-refractivity contribution in [1.29, 1.82) is 0 Å². The van der Waals surface area contributed by atoms with Gasteiger partial charge in [0.1, 0.15) is 11.9 Å². The fourth-order valence-electron chi connectivity index (χ4n) is 4.54. The van der Waals surface area contributed by atoms with E-state index in [9.17, 15) is 14.7 Å². The van der Waals surface area contributed by atoms with Crippen molar-refractivity contribution in [1.82, 2.24) is 4.98 Å². The third-order valence-corrected chi connectivity index (χ3v) is 7.63. The summed E-state index contributed by atoms with van der Waals surface area (Å²) in [7, 11) is 0. The second kappa shape index (κ2) is 10.6. The summed E-state index contributed by atoms with van der Waals surface area (Å²) < 4.78 is 11.7. The SMILES string of the molecule is C/C(=C\c1csc(C)n1)[C@@H]1C[C@@H]2O[C@H]2CCC[C@H](C)[C@H](O)[C@@H](C)C(=O)C(C)(C)/C=C/C(=O)O1. The van der Waals surface area contributed by atoms with Gasteiger partial charge in [-0.1, -0.05) is 26.3 Å². The first-order valence-corrected chi connectivity index (χ1v) is 12.7. The predicted molar refractivity (Wildman–Crippen MR) is 130 cm³/mol. The number of aliphatic hydroxyl groups is 1. The molecule has 6 nitrogen and oxygen atoms in total. The van der Waals surface area contributed by atoms with E-state index in [4.69, 9.17) is 9.47 Å². The van der Waals surface area contributed by atoms with E-state index in [1.807, 2.05) is 32.2 Å². The fraction of sp³-hybridized carbons (Fsp3) is 0.654. The molecule has 3 rings (SSSR count). The number of aliphatic hydroxyl groups excluding tert-OH is 1. The number of esters is 1. The van der Waals surface area contributed by atoms with Gasteiger partial charge in [-0.2, -0.15) is 0 Å². The second-order valence-electron chi connectivity index (χ2n) is 10.2. The number of nitrogens with zero attached hydrogens (tertiary/aromatic N) is 1. The van der Waals surface area contributed by atoms with Crippen molar-refractivity contribution < 1.29 is 24.2 Å². The third kappa shape index (κ3) is 6.84. The van der Waals surface area contributed by atoms with Crippen molar-refractivity contribution in [3.8, 4) is 0 Å².